The van der Waals surface area contributed by atoms with Crippen LogP contribution in [0, 0.1) is 17.4 Å². The maximum Gasteiger partial charge on any atom is 0.217 e. The van der Waals surface area contributed by atoms with Crippen molar-refractivity contribution in [3.05, 3.63) is 42.1 Å². The van der Waals surface area contributed by atoms with E-state index >= 15 is 0 Å². The zero-order valence-electron chi connectivity index (χ0n) is 9.09. The average Bonchev–Trinajstić information content (AvgIpc) is 3.13. The lowest BCUT2D eigenvalue weighted by Gasteiger charge is -2.01. The van der Waals surface area contributed by atoms with E-state index in [0.717, 1.165) is 24.4 Å². The SMILES string of the molecule is N#Cc1ccc(-c2cnn([C]3CC3)c2O)cc1. The molecule has 1 radical (unpaired) electrons. The van der Waals surface area contributed by atoms with Crippen molar-refractivity contribution < 1.29 is 5.11 Å². The molecule has 1 fully saturated rings. The van der Waals surface area contributed by atoms with Crippen LogP contribution in [0.25, 0.3) is 11.1 Å². The molecular formula is C13H10N3O. The fraction of sp³-hybridized carbons (Fsp3) is 0.154. The van der Waals surface area contributed by atoms with Gasteiger partial charge in [0.25, 0.3) is 0 Å². The number of hydrogen-bond acceptors (Lipinski definition) is 3. The molecule has 1 N–H and O–H groups in total. The van der Waals surface area contributed by atoms with E-state index in [9.17, 15) is 5.11 Å². The molecule has 1 heterocycles. The average molecular weight is 224 g/mol. The van der Waals surface area contributed by atoms with Crippen LogP contribution in [0.5, 0.6) is 5.88 Å². The Balaban J connectivity index is 2.00. The Morgan fingerprint density at radius 2 is 1.94 bits per heavy atom. The van der Waals surface area contributed by atoms with Gasteiger partial charge in [-0.25, -0.2) is 4.68 Å². The van der Waals surface area contributed by atoms with Crippen molar-refractivity contribution in [2.45, 2.75) is 12.8 Å². The summed E-state index contributed by atoms with van der Waals surface area (Å²) >= 11 is 0. The minimum atomic E-state index is 0.183. The Morgan fingerprint density at radius 3 is 2.53 bits per heavy atom. The molecule has 0 bridgehead atoms. The highest BCUT2D eigenvalue weighted by atomic mass is 16.3. The highest BCUT2D eigenvalue weighted by Crippen LogP contribution is 2.39. The van der Waals surface area contributed by atoms with Gasteiger partial charge in [-0.1, -0.05) is 12.1 Å². The van der Waals surface area contributed by atoms with Gasteiger partial charge in [0.2, 0.25) is 5.88 Å². The van der Waals surface area contributed by atoms with Gasteiger partial charge in [-0.3, -0.25) is 0 Å². The zero-order valence-corrected chi connectivity index (χ0v) is 9.09. The highest BCUT2D eigenvalue weighted by molar-refractivity contribution is 5.68. The Morgan fingerprint density at radius 1 is 1.24 bits per heavy atom. The van der Waals surface area contributed by atoms with E-state index in [1.165, 1.54) is 0 Å². The van der Waals surface area contributed by atoms with E-state index < -0.39 is 0 Å². The summed E-state index contributed by atoms with van der Waals surface area (Å²) in [5.74, 6) is 0.183. The molecule has 4 heteroatoms. The van der Waals surface area contributed by atoms with E-state index in [1.54, 1.807) is 23.0 Å². The van der Waals surface area contributed by atoms with Gasteiger partial charge in [0, 0.05) is 0 Å². The summed E-state index contributed by atoms with van der Waals surface area (Å²) < 4.78 is 1.59. The number of hydrogen-bond donors (Lipinski definition) is 1. The normalized spacial score (nSPS) is 14.5. The van der Waals surface area contributed by atoms with Gasteiger partial charge in [-0.15, -0.1) is 0 Å². The molecule has 0 amide bonds. The maximum absolute atomic E-state index is 10.0. The molecule has 2 aromatic rings. The highest BCUT2D eigenvalue weighted by Gasteiger charge is 2.29. The molecule has 0 saturated heterocycles. The van der Waals surface area contributed by atoms with Crippen molar-refractivity contribution in [3.8, 4) is 23.1 Å². The number of nitrogens with zero attached hydrogens (tertiary/aromatic N) is 3. The maximum atomic E-state index is 10.0. The molecule has 4 nitrogen and oxygen atoms in total. The van der Waals surface area contributed by atoms with E-state index in [1.807, 2.05) is 12.1 Å². The second-order valence-corrected chi connectivity index (χ2v) is 4.05. The number of aromatic hydroxyl groups is 1. The molecule has 1 aliphatic carbocycles. The van der Waals surface area contributed by atoms with Crippen LogP contribution in [0.4, 0.5) is 0 Å². The summed E-state index contributed by atoms with van der Waals surface area (Å²) in [6, 6.07) is 10.3. The fourth-order valence-corrected chi connectivity index (χ4v) is 1.77. The molecule has 17 heavy (non-hydrogen) atoms. The summed E-state index contributed by atoms with van der Waals surface area (Å²) in [7, 11) is 0. The first-order valence-electron chi connectivity index (χ1n) is 5.42. The summed E-state index contributed by atoms with van der Waals surface area (Å²) in [6.07, 6.45) is 3.66. The molecule has 0 unspecified atom stereocenters. The van der Waals surface area contributed by atoms with Crippen LogP contribution >= 0.6 is 0 Å². The van der Waals surface area contributed by atoms with E-state index in [2.05, 4.69) is 11.2 Å². The van der Waals surface area contributed by atoms with Crippen molar-refractivity contribution in [2.75, 3.05) is 0 Å². The lowest BCUT2D eigenvalue weighted by atomic mass is 10.1. The molecule has 1 aromatic heterocycles. The molecule has 1 aliphatic rings. The van der Waals surface area contributed by atoms with Gasteiger partial charge >= 0.3 is 0 Å². The zero-order chi connectivity index (χ0) is 11.8. The number of aromatic nitrogens is 2. The molecule has 1 aromatic carbocycles. The summed E-state index contributed by atoms with van der Waals surface area (Å²) in [5.41, 5.74) is 2.18. The van der Waals surface area contributed by atoms with Crippen LogP contribution in [-0.2, 0) is 0 Å². The van der Waals surface area contributed by atoms with Gasteiger partial charge in [-0.05, 0) is 30.5 Å². The Labute approximate surface area is 98.7 Å². The van der Waals surface area contributed by atoms with E-state index in [0.29, 0.717) is 11.1 Å². The monoisotopic (exact) mass is 224 g/mol. The smallest absolute Gasteiger partial charge is 0.217 e. The van der Waals surface area contributed by atoms with Gasteiger partial charge < -0.3 is 5.11 Å². The summed E-state index contributed by atoms with van der Waals surface area (Å²) in [5, 5.41) is 22.9. The quantitative estimate of drug-likeness (QED) is 0.851. The van der Waals surface area contributed by atoms with Crippen LogP contribution in [0.2, 0.25) is 0 Å². The molecule has 0 atom stereocenters. The third kappa shape index (κ3) is 1.66. The Bertz CT molecular complexity index is 588. The lowest BCUT2D eigenvalue weighted by molar-refractivity contribution is 0.425. The molecule has 0 spiro atoms. The number of benzene rings is 1. The summed E-state index contributed by atoms with van der Waals surface area (Å²) in [6.45, 7) is 0. The largest absolute Gasteiger partial charge is 0.493 e. The van der Waals surface area contributed by atoms with Gasteiger partial charge in [0.05, 0.1) is 29.4 Å². The van der Waals surface area contributed by atoms with Crippen molar-refractivity contribution in [2.24, 2.45) is 0 Å². The fourth-order valence-electron chi connectivity index (χ4n) is 1.77. The predicted octanol–water partition coefficient (Wildman–Crippen LogP) is 2.30. The minimum absolute atomic E-state index is 0.183. The van der Waals surface area contributed by atoms with Crippen molar-refractivity contribution in [1.29, 1.82) is 5.26 Å². The van der Waals surface area contributed by atoms with Crippen LogP contribution in [-0.4, -0.2) is 14.9 Å². The first-order chi connectivity index (χ1) is 8.29. The van der Waals surface area contributed by atoms with Crippen molar-refractivity contribution in [1.82, 2.24) is 9.78 Å². The standard InChI is InChI=1S/C13H10N3O/c14-7-9-1-3-10(4-2-9)12-8-15-16(13(12)17)11-5-6-11/h1-4,8,17H,5-6H2. The number of nitriles is 1. The molecule has 83 valence electrons. The van der Waals surface area contributed by atoms with Crippen molar-refractivity contribution >= 4 is 0 Å². The van der Waals surface area contributed by atoms with Gasteiger partial charge in [0.1, 0.15) is 0 Å². The van der Waals surface area contributed by atoms with Crippen molar-refractivity contribution in [3.63, 3.8) is 0 Å². The van der Waals surface area contributed by atoms with Gasteiger partial charge in [-0.2, -0.15) is 10.4 Å². The minimum Gasteiger partial charge on any atom is -0.493 e. The summed E-state index contributed by atoms with van der Waals surface area (Å²) in [4.78, 5) is 0. The van der Waals surface area contributed by atoms with Crippen LogP contribution in [0.1, 0.15) is 18.4 Å². The second-order valence-electron chi connectivity index (χ2n) is 4.05. The molecule has 0 aliphatic heterocycles. The van der Waals surface area contributed by atoms with Crippen LogP contribution in [0.3, 0.4) is 0 Å². The molecule has 3 rings (SSSR count). The second kappa shape index (κ2) is 3.63. The van der Waals surface area contributed by atoms with Crippen LogP contribution in [0.15, 0.2) is 30.5 Å². The Kier molecular flexibility index (Phi) is 2.12. The lowest BCUT2D eigenvalue weighted by Crippen LogP contribution is -1.94. The predicted molar refractivity (Wildman–Crippen MR) is 61.9 cm³/mol. The first kappa shape index (κ1) is 9.91. The third-order valence-electron chi connectivity index (χ3n) is 2.84. The Hall–Kier alpha value is -2.28. The molecule has 1 saturated carbocycles. The topological polar surface area (TPSA) is 61.8 Å². The first-order valence-corrected chi connectivity index (χ1v) is 5.42. The third-order valence-corrected chi connectivity index (χ3v) is 2.84. The number of rotatable bonds is 2. The van der Waals surface area contributed by atoms with E-state index in [4.69, 9.17) is 5.26 Å². The van der Waals surface area contributed by atoms with Crippen LogP contribution < -0.4 is 0 Å². The van der Waals surface area contributed by atoms with E-state index in [-0.39, 0.29) is 5.88 Å². The van der Waals surface area contributed by atoms with Gasteiger partial charge in [0.15, 0.2) is 0 Å². The molecular weight excluding hydrogens is 214 g/mol.